The van der Waals surface area contributed by atoms with Crippen molar-refractivity contribution in [1.82, 2.24) is 0 Å². The number of carboxylic acid groups (broad SMARTS) is 1. The molecule has 0 saturated heterocycles. The lowest BCUT2D eigenvalue weighted by molar-refractivity contribution is -0.146. The summed E-state index contributed by atoms with van der Waals surface area (Å²) in [6.45, 7) is 0. The molecule has 4 heteroatoms. The Bertz CT molecular complexity index is 401. The summed E-state index contributed by atoms with van der Waals surface area (Å²) < 4.78 is 14.0. The van der Waals surface area contributed by atoms with Gasteiger partial charge in [0, 0.05) is 10.6 Å². The highest BCUT2D eigenvalue weighted by Crippen LogP contribution is 2.57. The summed E-state index contributed by atoms with van der Waals surface area (Å²) in [5.41, 5.74) is -0.954. The Hall–Kier alpha value is -1.09. The summed E-state index contributed by atoms with van der Waals surface area (Å²) in [5.74, 6) is -1.07. The van der Waals surface area contributed by atoms with Gasteiger partial charge < -0.3 is 5.11 Å². The second kappa shape index (κ2) is 3.49. The minimum absolute atomic E-state index is 0.277. The van der Waals surface area contributed by atoms with E-state index < -0.39 is 17.6 Å². The molecule has 0 bridgehead atoms. The van der Waals surface area contributed by atoms with Crippen molar-refractivity contribution in [3.8, 4) is 0 Å². The third-order valence-electron chi connectivity index (χ3n) is 2.88. The molecule has 80 valence electrons. The van der Waals surface area contributed by atoms with Gasteiger partial charge in [-0.3, -0.25) is 4.79 Å². The molecule has 1 fully saturated rings. The zero-order valence-electron chi connectivity index (χ0n) is 7.91. The molecule has 0 aliphatic heterocycles. The Morgan fingerprint density at radius 2 is 2.07 bits per heavy atom. The van der Waals surface area contributed by atoms with Gasteiger partial charge in [0.15, 0.2) is 0 Å². The standard InChI is InChI=1S/C11H10ClFO2/c12-8-4-2-1-3-7(8)9(13)11(5-6-11)10(14)15/h1-4,9H,5-6H2,(H,14,15). The number of hydrogen-bond acceptors (Lipinski definition) is 1. The molecule has 1 N–H and O–H groups in total. The fraction of sp³-hybridized carbons (Fsp3) is 0.364. The number of carboxylic acids is 1. The van der Waals surface area contributed by atoms with Gasteiger partial charge in [0.25, 0.3) is 0 Å². The van der Waals surface area contributed by atoms with Gasteiger partial charge in [-0.15, -0.1) is 0 Å². The molecular formula is C11H10ClFO2. The summed E-state index contributed by atoms with van der Waals surface area (Å²) in [5, 5.41) is 9.23. The molecular weight excluding hydrogens is 219 g/mol. The molecule has 2 rings (SSSR count). The summed E-state index contributed by atoms with van der Waals surface area (Å²) in [6, 6.07) is 6.46. The predicted octanol–water partition coefficient (Wildman–Crippen LogP) is 3.22. The number of halogens is 2. The van der Waals surface area contributed by atoms with E-state index in [4.69, 9.17) is 16.7 Å². The number of rotatable bonds is 3. The van der Waals surface area contributed by atoms with Gasteiger partial charge in [-0.2, -0.15) is 0 Å². The van der Waals surface area contributed by atoms with Crippen molar-refractivity contribution < 1.29 is 14.3 Å². The number of benzene rings is 1. The van der Waals surface area contributed by atoms with E-state index in [0.29, 0.717) is 12.8 Å². The first-order valence-corrected chi connectivity index (χ1v) is 5.07. The molecule has 1 aliphatic carbocycles. The molecule has 0 aromatic heterocycles. The van der Waals surface area contributed by atoms with Gasteiger partial charge in [0.2, 0.25) is 0 Å². The first kappa shape index (κ1) is 10.4. The highest BCUT2D eigenvalue weighted by atomic mass is 35.5. The van der Waals surface area contributed by atoms with Crippen LogP contribution in [-0.2, 0) is 4.79 Å². The molecule has 0 heterocycles. The average Bonchev–Trinajstić information content (AvgIpc) is 2.98. The molecule has 1 unspecified atom stereocenters. The van der Waals surface area contributed by atoms with Crippen molar-refractivity contribution in [3.63, 3.8) is 0 Å². The third-order valence-corrected chi connectivity index (χ3v) is 3.22. The molecule has 0 amide bonds. The molecule has 0 radical (unpaired) electrons. The van der Waals surface area contributed by atoms with Crippen LogP contribution in [0, 0.1) is 5.41 Å². The Kier molecular flexibility index (Phi) is 2.43. The Morgan fingerprint density at radius 3 is 2.53 bits per heavy atom. The molecule has 1 aromatic rings. The third kappa shape index (κ3) is 1.61. The van der Waals surface area contributed by atoms with Crippen molar-refractivity contribution in [3.05, 3.63) is 34.9 Å². The normalized spacial score (nSPS) is 19.6. The summed E-state index contributed by atoms with van der Waals surface area (Å²) in [6.07, 6.45) is -0.743. The highest BCUT2D eigenvalue weighted by Gasteiger charge is 2.57. The van der Waals surface area contributed by atoms with Crippen molar-refractivity contribution in [1.29, 1.82) is 0 Å². The average molecular weight is 229 g/mol. The first-order chi connectivity index (χ1) is 7.08. The number of hydrogen-bond donors (Lipinski definition) is 1. The Balaban J connectivity index is 2.33. The summed E-state index contributed by atoms with van der Waals surface area (Å²) in [7, 11) is 0. The zero-order valence-corrected chi connectivity index (χ0v) is 8.67. The Labute approximate surface area is 91.7 Å². The molecule has 1 aliphatic rings. The topological polar surface area (TPSA) is 37.3 Å². The van der Waals surface area contributed by atoms with Crippen molar-refractivity contribution >= 4 is 17.6 Å². The monoisotopic (exact) mass is 228 g/mol. The minimum atomic E-state index is -1.51. The van der Waals surface area contributed by atoms with Crippen LogP contribution in [0.5, 0.6) is 0 Å². The van der Waals surface area contributed by atoms with E-state index in [9.17, 15) is 9.18 Å². The van der Waals surface area contributed by atoms with Crippen LogP contribution in [0.15, 0.2) is 24.3 Å². The van der Waals surface area contributed by atoms with Crippen LogP contribution in [0.3, 0.4) is 0 Å². The van der Waals surface area contributed by atoms with Crippen LogP contribution in [0.4, 0.5) is 4.39 Å². The van der Waals surface area contributed by atoms with Gasteiger partial charge in [-0.1, -0.05) is 29.8 Å². The van der Waals surface area contributed by atoms with Gasteiger partial charge in [-0.05, 0) is 18.9 Å². The summed E-state index contributed by atoms with van der Waals surface area (Å²) in [4.78, 5) is 10.9. The van der Waals surface area contributed by atoms with Crippen molar-refractivity contribution in [2.24, 2.45) is 5.41 Å². The van der Waals surface area contributed by atoms with Crippen LogP contribution in [0.25, 0.3) is 0 Å². The largest absolute Gasteiger partial charge is 0.481 e. The Morgan fingerprint density at radius 1 is 1.47 bits per heavy atom. The fourth-order valence-corrected chi connectivity index (χ4v) is 1.92. The summed E-state index contributed by atoms with van der Waals surface area (Å²) >= 11 is 5.82. The molecule has 0 spiro atoms. The maximum Gasteiger partial charge on any atom is 0.312 e. The smallest absolute Gasteiger partial charge is 0.312 e. The van der Waals surface area contributed by atoms with Gasteiger partial charge in [-0.25, -0.2) is 4.39 Å². The molecule has 2 nitrogen and oxygen atoms in total. The molecule has 1 aromatic carbocycles. The number of carbonyl (C=O) groups is 1. The van der Waals surface area contributed by atoms with E-state index >= 15 is 0 Å². The van der Waals surface area contributed by atoms with E-state index in [-0.39, 0.29) is 10.6 Å². The predicted molar refractivity (Wildman–Crippen MR) is 54.6 cm³/mol. The van der Waals surface area contributed by atoms with Crippen LogP contribution in [0.2, 0.25) is 5.02 Å². The first-order valence-electron chi connectivity index (χ1n) is 4.70. The minimum Gasteiger partial charge on any atom is -0.481 e. The lowest BCUT2D eigenvalue weighted by atomic mass is 9.94. The van der Waals surface area contributed by atoms with E-state index in [2.05, 4.69) is 0 Å². The molecule has 15 heavy (non-hydrogen) atoms. The number of aliphatic carboxylic acids is 1. The van der Waals surface area contributed by atoms with E-state index in [1.165, 1.54) is 6.07 Å². The lowest BCUT2D eigenvalue weighted by Crippen LogP contribution is -2.21. The quantitative estimate of drug-likeness (QED) is 0.863. The van der Waals surface area contributed by atoms with Gasteiger partial charge in [0.1, 0.15) is 11.6 Å². The highest BCUT2D eigenvalue weighted by molar-refractivity contribution is 6.31. The SMILES string of the molecule is O=C(O)C1(C(F)c2ccccc2Cl)CC1. The second-order valence-electron chi connectivity index (χ2n) is 3.85. The van der Waals surface area contributed by atoms with Crippen LogP contribution >= 0.6 is 11.6 Å². The second-order valence-corrected chi connectivity index (χ2v) is 4.25. The molecule has 1 atom stereocenters. The fourth-order valence-electron chi connectivity index (χ4n) is 1.69. The van der Waals surface area contributed by atoms with E-state index in [0.717, 1.165) is 0 Å². The van der Waals surface area contributed by atoms with Crippen LogP contribution in [-0.4, -0.2) is 11.1 Å². The van der Waals surface area contributed by atoms with Crippen molar-refractivity contribution in [2.45, 2.75) is 19.0 Å². The van der Waals surface area contributed by atoms with E-state index in [1.54, 1.807) is 18.2 Å². The van der Waals surface area contributed by atoms with Gasteiger partial charge in [0.05, 0.1) is 0 Å². The maximum absolute atomic E-state index is 14.0. The molecule has 1 saturated carbocycles. The lowest BCUT2D eigenvalue weighted by Gasteiger charge is -2.16. The van der Waals surface area contributed by atoms with Crippen LogP contribution in [0.1, 0.15) is 24.6 Å². The zero-order chi connectivity index (χ0) is 11.1. The van der Waals surface area contributed by atoms with Crippen LogP contribution < -0.4 is 0 Å². The van der Waals surface area contributed by atoms with Crippen molar-refractivity contribution in [2.75, 3.05) is 0 Å². The maximum atomic E-state index is 14.0. The van der Waals surface area contributed by atoms with Gasteiger partial charge >= 0.3 is 5.97 Å². The van der Waals surface area contributed by atoms with E-state index in [1.807, 2.05) is 0 Å². The number of alkyl halides is 1.